The van der Waals surface area contributed by atoms with Gasteiger partial charge in [0.1, 0.15) is 0 Å². The summed E-state index contributed by atoms with van der Waals surface area (Å²) in [6.07, 6.45) is 2.35. The Morgan fingerprint density at radius 2 is 2.17 bits per heavy atom. The number of rotatable bonds is 8. The molecular weight excluding hydrogens is 296 g/mol. The average Bonchev–Trinajstić information content (AvgIpc) is 2.95. The number of amides is 2. The summed E-state index contributed by atoms with van der Waals surface area (Å²) >= 11 is 0. The molecule has 1 aromatic carbocycles. The van der Waals surface area contributed by atoms with E-state index in [1.807, 2.05) is 24.0 Å². The van der Waals surface area contributed by atoms with E-state index in [2.05, 4.69) is 5.32 Å². The lowest BCUT2D eigenvalue weighted by Gasteiger charge is -2.15. The first-order chi connectivity index (χ1) is 11.1. The minimum Gasteiger partial charge on any atom is -0.493 e. The van der Waals surface area contributed by atoms with Gasteiger partial charge in [-0.2, -0.15) is 0 Å². The number of likely N-dealkylation sites (tertiary alicyclic amines) is 1. The first-order valence-electron chi connectivity index (χ1n) is 7.92. The second-order valence-electron chi connectivity index (χ2n) is 5.63. The van der Waals surface area contributed by atoms with E-state index >= 15 is 0 Å². The maximum Gasteiger partial charge on any atom is 0.257 e. The molecule has 6 nitrogen and oxygen atoms in total. The maximum absolute atomic E-state index is 11.8. The third-order valence-electron chi connectivity index (χ3n) is 3.78. The van der Waals surface area contributed by atoms with Crippen LogP contribution in [0.1, 0.15) is 24.8 Å². The largest absolute Gasteiger partial charge is 0.493 e. The number of carbonyl (C=O) groups is 2. The Labute approximate surface area is 136 Å². The van der Waals surface area contributed by atoms with Gasteiger partial charge in [-0.25, -0.2) is 0 Å². The van der Waals surface area contributed by atoms with Crippen LogP contribution in [0.15, 0.2) is 18.2 Å². The van der Waals surface area contributed by atoms with Crippen LogP contribution in [0.4, 0.5) is 0 Å². The Kier molecular flexibility index (Phi) is 6.26. The highest BCUT2D eigenvalue weighted by atomic mass is 16.5. The lowest BCUT2D eigenvalue weighted by atomic mass is 10.2. The van der Waals surface area contributed by atoms with Crippen molar-refractivity contribution in [3.8, 4) is 11.5 Å². The molecule has 2 rings (SSSR count). The fourth-order valence-corrected chi connectivity index (χ4v) is 2.53. The lowest BCUT2D eigenvalue weighted by molar-refractivity contribution is -0.127. The minimum atomic E-state index is -0.180. The third kappa shape index (κ3) is 5.16. The fourth-order valence-electron chi connectivity index (χ4n) is 2.53. The maximum atomic E-state index is 11.8. The Bertz CT molecular complexity index is 560. The van der Waals surface area contributed by atoms with E-state index in [4.69, 9.17) is 9.47 Å². The van der Waals surface area contributed by atoms with Crippen LogP contribution >= 0.6 is 0 Å². The first-order valence-corrected chi connectivity index (χ1v) is 7.92. The van der Waals surface area contributed by atoms with Crippen LogP contribution in [0.2, 0.25) is 0 Å². The molecule has 0 atom stereocenters. The monoisotopic (exact) mass is 320 g/mol. The molecule has 0 aromatic heterocycles. The fraction of sp³-hybridized carbons (Fsp3) is 0.529. The summed E-state index contributed by atoms with van der Waals surface area (Å²) in [5, 5.41) is 2.80. The molecule has 0 bridgehead atoms. The van der Waals surface area contributed by atoms with Crippen LogP contribution in [0.5, 0.6) is 11.5 Å². The molecule has 126 valence electrons. The molecule has 1 aliphatic heterocycles. The molecule has 1 saturated heterocycles. The van der Waals surface area contributed by atoms with Crippen molar-refractivity contribution < 1.29 is 19.1 Å². The zero-order chi connectivity index (χ0) is 16.7. The van der Waals surface area contributed by atoms with Gasteiger partial charge < -0.3 is 19.7 Å². The van der Waals surface area contributed by atoms with Crippen LogP contribution in [0.25, 0.3) is 0 Å². The van der Waals surface area contributed by atoms with E-state index in [-0.39, 0.29) is 18.4 Å². The molecule has 1 heterocycles. The van der Waals surface area contributed by atoms with Gasteiger partial charge in [0, 0.05) is 26.1 Å². The SMILES string of the molecule is COc1cc(C)ccc1OCC(=O)NCCCN1CCCC1=O. The van der Waals surface area contributed by atoms with Crippen molar-refractivity contribution in [3.05, 3.63) is 23.8 Å². The van der Waals surface area contributed by atoms with Gasteiger partial charge in [-0.15, -0.1) is 0 Å². The zero-order valence-corrected chi connectivity index (χ0v) is 13.8. The summed E-state index contributed by atoms with van der Waals surface area (Å²) in [6, 6.07) is 5.56. The molecule has 0 saturated carbocycles. The minimum absolute atomic E-state index is 0.0535. The number of nitrogens with one attached hydrogen (secondary N) is 1. The molecule has 1 N–H and O–H groups in total. The molecule has 2 amide bonds. The standard InChI is InChI=1S/C17H24N2O4/c1-13-6-7-14(15(11-13)22-2)23-12-16(20)18-8-4-10-19-9-3-5-17(19)21/h6-7,11H,3-5,8-10,12H2,1-2H3,(H,18,20). The number of nitrogens with zero attached hydrogens (tertiary/aromatic N) is 1. The van der Waals surface area contributed by atoms with Gasteiger partial charge in [-0.3, -0.25) is 9.59 Å². The van der Waals surface area contributed by atoms with Crippen molar-refractivity contribution in [1.29, 1.82) is 0 Å². The van der Waals surface area contributed by atoms with Crippen molar-refractivity contribution in [2.24, 2.45) is 0 Å². The van der Waals surface area contributed by atoms with E-state index in [0.717, 1.165) is 24.9 Å². The van der Waals surface area contributed by atoms with Gasteiger partial charge in [-0.05, 0) is 37.5 Å². The molecule has 0 radical (unpaired) electrons. The predicted molar refractivity (Wildman–Crippen MR) is 86.7 cm³/mol. The van der Waals surface area contributed by atoms with E-state index in [0.29, 0.717) is 31.0 Å². The van der Waals surface area contributed by atoms with Gasteiger partial charge in [-0.1, -0.05) is 6.07 Å². The second kappa shape index (κ2) is 8.41. The summed E-state index contributed by atoms with van der Waals surface area (Å²) in [5.74, 6) is 1.20. The highest BCUT2D eigenvalue weighted by molar-refractivity contribution is 5.78. The highest BCUT2D eigenvalue weighted by Gasteiger charge is 2.19. The van der Waals surface area contributed by atoms with Crippen molar-refractivity contribution in [2.75, 3.05) is 33.4 Å². The van der Waals surface area contributed by atoms with Crippen molar-refractivity contribution in [1.82, 2.24) is 10.2 Å². The van der Waals surface area contributed by atoms with Crippen molar-refractivity contribution in [3.63, 3.8) is 0 Å². The number of hydrogen-bond donors (Lipinski definition) is 1. The molecule has 0 spiro atoms. The van der Waals surface area contributed by atoms with Gasteiger partial charge >= 0.3 is 0 Å². The van der Waals surface area contributed by atoms with Crippen LogP contribution in [-0.4, -0.2) is 50.1 Å². The van der Waals surface area contributed by atoms with Gasteiger partial charge in [0.25, 0.3) is 5.91 Å². The lowest BCUT2D eigenvalue weighted by Crippen LogP contribution is -2.33. The normalized spacial score (nSPS) is 14.0. The highest BCUT2D eigenvalue weighted by Crippen LogP contribution is 2.27. The number of carbonyl (C=O) groups excluding carboxylic acids is 2. The Morgan fingerprint density at radius 1 is 1.35 bits per heavy atom. The van der Waals surface area contributed by atoms with Crippen molar-refractivity contribution in [2.45, 2.75) is 26.2 Å². The quantitative estimate of drug-likeness (QED) is 0.737. The summed E-state index contributed by atoms with van der Waals surface area (Å²) in [4.78, 5) is 25.1. The van der Waals surface area contributed by atoms with Crippen LogP contribution in [-0.2, 0) is 9.59 Å². The summed E-state index contributed by atoms with van der Waals surface area (Å²) in [5.41, 5.74) is 1.06. The third-order valence-corrected chi connectivity index (χ3v) is 3.78. The topological polar surface area (TPSA) is 67.9 Å². The summed E-state index contributed by atoms with van der Waals surface area (Å²) in [7, 11) is 1.57. The molecule has 1 fully saturated rings. The Morgan fingerprint density at radius 3 is 2.87 bits per heavy atom. The number of hydrogen-bond acceptors (Lipinski definition) is 4. The number of methoxy groups -OCH3 is 1. The smallest absolute Gasteiger partial charge is 0.257 e. The molecule has 1 aliphatic rings. The summed E-state index contributed by atoms with van der Waals surface area (Å²) in [6.45, 7) is 3.98. The molecule has 23 heavy (non-hydrogen) atoms. The Balaban J connectivity index is 1.66. The van der Waals surface area contributed by atoms with Crippen LogP contribution in [0.3, 0.4) is 0 Å². The van der Waals surface area contributed by atoms with Gasteiger partial charge in [0.2, 0.25) is 5.91 Å². The molecule has 0 unspecified atom stereocenters. The predicted octanol–water partition coefficient (Wildman–Crippen LogP) is 1.51. The Hall–Kier alpha value is -2.24. The van der Waals surface area contributed by atoms with Crippen LogP contribution < -0.4 is 14.8 Å². The number of ether oxygens (including phenoxy) is 2. The first kappa shape index (κ1) is 17.1. The molecular formula is C17H24N2O4. The zero-order valence-electron chi connectivity index (χ0n) is 13.8. The second-order valence-corrected chi connectivity index (χ2v) is 5.63. The van der Waals surface area contributed by atoms with Crippen molar-refractivity contribution >= 4 is 11.8 Å². The van der Waals surface area contributed by atoms with E-state index in [1.54, 1.807) is 13.2 Å². The number of benzene rings is 1. The van der Waals surface area contributed by atoms with E-state index in [1.165, 1.54) is 0 Å². The molecule has 1 aromatic rings. The van der Waals surface area contributed by atoms with Crippen LogP contribution in [0, 0.1) is 6.92 Å². The average molecular weight is 320 g/mol. The number of aryl methyl sites for hydroxylation is 1. The molecule has 6 heteroatoms. The van der Waals surface area contributed by atoms with E-state index < -0.39 is 0 Å². The molecule has 0 aliphatic carbocycles. The van der Waals surface area contributed by atoms with Gasteiger partial charge in [0.15, 0.2) is 18.1 Å². The van der Waals surface area contributed by atoms with Gasteiger partial charge in [0.05, 0.1) is 7.11 Å². The summed E-state index contributed by atoms with van der Waals surface area (Å²) < 4.78 is 10.7. The van der Waals surface area contributed by atoms with E-state index in [9.17, 15) is 9.59 Å².